The van der Waals surface area contributed by atoms with Crippen molar-refractivity contribution in [3.05, 3.63) is 18.5 Å². The Hall–Kier alpha value is -1.71. The molecule has 2 heterocycles. The Labute approximate surface area is 62.8 Å². The van der Waals surface area contributed by atoms with Gasteiger partial charge in [0.1, 0.15) is 0 Å². The molecule has 0 aliphatic heterocycles. The molecule has 0 saturated heterocycles. The zero-order valence-electron chi connectivity index (χ0n) is 5.74. The molecule has 4 N–H and O–H groups in total. The minimum Gasteiger partial charge on any atom is -0.424 e. The molecule has 2 rings (SSSR count). The fourth-order valence-electron chi connectivity index (χ4n) is 1.03. The minimum atomic E-state index is 0.325. The van der Waals surface area contributed by atoms with Crippen LogP contribution in [-0.4, -0.2) is 4.98 Å². The zero-order valence-corrected chi connectivity index (χ0v) is 5.74. The highest BCUT2D eigenvalue weighted by Gasteiger charge is 2.06. The monoisotopic (exact) mass is 149 g/mol. The van der Waals surface area contributed by atoms with Crippen molar-refractivity contribution >= 4 is 22.5 Å². The van der Waals surface area contributed by atoms with Crippen LogP contribution in [0.3, 0.4) is 0 Å². The second-order valence-electron chi connectivity index (χ2n) is 2.25. The minimum absolute atomic E-state index is 0.325. The molecule has 4 nitrogen and oxygen atoms in total. The van der Waals surface area contributed by atoms with Gasteiger partial charge in [0.15, 0.2) is 0 Å². The van der Waals surface area contributed by atoms with Crippen LogP contribution in [-0.2, 0) is 0 Å². The van der Waals surface area contributed by atoms with Crippen LogP contribution in [0.15, 0.2) is 22.9 Å². The molecule has 0 radical (unpaired) electrons. The lowest BCUT2D eigenvalue weighted by Crippen LogP contribution is -1.79. The molecule has 0 bridgehead atoms. The Bertz CT molecular complexity index is 357. The summed E-state index contributed by atoms with van der Waals surface area (Å²) in [4.78, 5) is 3.89. The quantitative estimate of drug-likeness (QED) is 0.585. The molecule has 56 valence electrons. The number of rotatable bonds is 0. The Morgan fingerprint density at radius 2 is 1.91 bits per heavy atom. The third kappa shape index (κ3) is 0.724. The molecule has 0 saturated carbocycles. The molecular weight excluding hydrogens is 142 g/mol. The second-order valence-corrected chi connectivity index (χ2v) is 2.25. The van der Waals surface area contributed by atoms with Gasteiger partial charge in [0.25, 0.3) is 0 Å². The fourth-order valence-corrected chi connectivity index (χ4v) is 1.03. The van der Waals surface area contributed by atoms with Gasteiger partial charge in [0.2, 0.25) is 11.8 Å². The third-order valence-corrected chi connectivity index (χ3v) is 1.57. The van der Waals surface area contributed by atoms with Gasteiger partial charge >= 0.3 is 0 Å². The smallest absolute Gasteiger partial charge is 0.202 e. The standard InChI is InChI=1S/C7H7N3O/c8-6-4-1-2-10-3-5(4)7(9)11-6/h1-3H,8-9H2. The first kappa shape index (κ1) is 6.03. The SMILES string of the molecule is Nc1oc(N)c2cnccc12. The van der Waals surface area contributed by atoms with E-state index >= 15 is 0 Å². The predicted octanol–water partition coefficient (Wildman–Crippen LogP) is 0.992. The van der Waals surface area contributed by atoms with Crippen LogP contribution in [0.25, 0.3) is 10.8 Å². The Kier molecular flexibility index (Phi) is 1.03. The summed E-state index contributed by atoms with van der Waals surface area (Å²) in [6, 6.07) is 1.77. The van der Waals surface area contributed by atoms with Gasteiger partial charge in [-0.2, -0.15) is 0 Å². The normalized spacial score (nSPS) is 10.5. The second kappa shape index (κ2) is 1.88. The highest BCUT2D eigenvalue weighted by Crippen LogP contribution is 2.28. The van der Waals surface area contributed by atoms with Crippen molar-refractivity contribution < 1.29 is 4.42 Å². The van der Waals surface area contributed by atoms with Crippen molar-refractivity contribution in [1.82, 2.24) is 4.98 Å². The van der Waals surface area contributed by atoms with E-state index < -0.39 is 0 Å². The lowest BCUT2D eigenvalue weighted by atomic mass is 10.3. The maximum Gasteiger partial charge on any atom is 0.202 e. The topological polar surface area (TPSA) is 78.1 Å². The van der Waals surface area contributed by atoms with Gasteiger partial charge in [0.05, 0.1) is 10.8 Å². The van der Waals surface area contributed by atoms with Crippen molar-refractivity contribution in [2.45, 2.75) is 0 Å². The van der Waals surface area contributed by atoms with E-state index in [4.69, 9.17) is 15.9 Å². The van der Waals surface area contributed by atoms with E-state index in [-0.39, 0.29) is 0 Å². The van der Waals surface area contributed by atoms with Crippen LogP contribution in [0, 0.1) is 0 Å². The number of nitrogen functional groups attached to an aromatic ring is 2. The molecule has 0 fully saturated rings. The van der Waals surface area contributed by atoms with Crippen molar-refractivity contribution in [1.29, 1.82) is 0 Å². The van der Waals surface area contributed by atoms with E-state index in [1.165, 1.54) is 0 Å². The molecule has 0 spiro atoms. The van der Waals surface area contributed by atoms with E-state index in [1.807, 2.05) is 0 Å². The number of nitrogens with two attached hydrogens (primary N) is 2. The molecule has 4 heteroatoms. The van der Waals surface area contributed by atoms with E-state index in [1.54, 1.807) is 18.5 Å². The van der Waals surface area contributed by atoms with Crippen LogP contribution >= 0.6 is 0 Å². The number of furan rings is 1. The van der Waals surface area contributed by atoms with Gasteiger partial charge in [0, 0.05) is 12.4 Å². The number of aromatic nitrogens is 1. The molecule has 2 aromatic rings. The van der Waals surface area contributed by atoms with Gasteiger partial charge in [-0.15, -0.1) is 0 Å². The molecular formula is C7H7N3O. The van der Waals surface area contributed by atoms with Crippen molar-refractivity contribution in [2.24, 2.45) is 0 Å². The summed E-state index contributed by atoms with van der Waals surface area (Å²) < 4.78 is 4.98. The predicted molar refractivity (Wildman–Crippen MR) is 42.8 cm³/mol. The summed E-state index contributed by atoms with van der Waals surface area (Å²) in [5.74, 6) is 0.672. The maximum atomic E-state index is 5.50. The average molecular weight is 149 g/mol. The first-order chi connectivity index (χ1) is 5.29. The van der Waals surface area contributed by atoms with Crippen LogP contribution in [0.5, 0.6) is 0 Å². The summed E-state index contributed by atoms with van der Waals surface area (Å²) in [5.41, 5.74) is 11.0. The van der Waals surface area contributed by atoms with Gasteiger partial charge in [-0.25, -0.2) is 0 Å². The van der Waals surface area contributed by atoms with E-state index in [0.717, 1.165) is 10.8 Å². The highest BCUT2D eigenvalue weighted by atomic mass is 16.4. The number of hydrogen-bond acceptors (Lipinski definition) is 4. The molecule has 0 aromatic carbocycles. The summed E-state index contributed by atoms with van der Waals surface area (Å²) >= 11 is 0. The maximum absolute atomic E-state index is 5.50. The summed E-state index contributed by atoms with van der Waals surface area (Å²) in [6.07, 6.45) is 3.28. The Balaban J connectivity index is 2.95. The molecule has 2 aromatic heterocycles. The Morgan fingerprint density at radius 1 is 1.18 bits per heavy atom. The summed E-state index contributed by atoms with van der Waals surface area (Å²) in [7, 11) is 0. The zero-order chi connectivity index (χ0) is 7.84. The molecule has 0 amide bonds. The van der Waals surface area contributed by atoms with Gasteiger partial charge in [-0.3, -0.25) is 4.98 Å². The van der Waals surface area contributed by atoms with E-state index in [9.17, 15) is 0 Å². The average Bonchev–Trinajstić information content (AvgIpc) is 2.30. The van der Waals surface area contributed by atoms with Gasteiger partial charge < -0.3 is 15.9 Å². The molecule has 0 unspecified atom stereocenters. The Morgan fingerprint density at radius 3 is 2.64 bits per heavy atom. The van der Waals surface area contributed by atoms with Gasteiger partial charge in [-0.1, -0.05) is 0 Å². The van der Waals surface area contributed by atoms with Crippen LogP contribution in [0.4, 0.5) is 11.8 Å². The largest absolute Gasteiger partial charge is 0.424 e. The summed E-state index contributed by atoms with van der Waals surface area (Å²) in [6.45, 7) is 0. The molecule has 0 atom stereocenters. The number of nitrogens with zero attached hydrogens (tertiary/aromatic N) is 1. The van der Waals surface area contributed by atoms with Crippen molar-refractivity contribution in [3.63, 3.8) is 0 Å². The number of fused-ring (bicyclic) bond motifs is 1. The number of hydrogen-bond donors (Lipinski definition) is 2. The van der Waals surface area contributed by atoms with Gasteiger partial charge in [-0.05, 0) is 6.07 Å². The number of anilines is 2. The molecule has 11 heavy (non-hydrogen) atoms. The van der Waals surface area contributed by atoms with E-state index in [2.05, 4.69) is 4.98 Å². The first-order valence-corrected chi connectivity index (χ1v) is 3.16. The van der Waals surface area contributed by atoms with Crippen molar-refractivity contribution in [3.8, 4) is 0 Å². The number of pyridine rings is 1. The molecule has 0 aliphatic rings. The van der Waals surface area contributed by atoms with Crippen LogP contribution in [0.2, 0.25) is 0 Å². The summed E-state index contributed by atoms with van der Waals surface area (Å²) in [5, 5.41) is 1.59. The third-order valence-electron chi connectivity index (χ3n) is 1.57. The molecule has 0 aliphatic carbocycles. The fraction of sp³-hybridized carbons (Fsp3) is 0. The van der Waals surface area contributed by atoms with E-state index in [0.29, 0.717) is 11.8 Å². The van der Waals surface area contributed by atoms with Crippen LogP contribution in [0.1, 0.15) is 0 Å². The lowest BCUT2D eigenvalue weighted by molar-refractivity contribution is 0.612. The first-order valence-electron chi connectivity index (χ1n) is 3.16. The van der Waals surface area contributed by atoms with Crippen LogP contribution < -0.4 is 11.5 Å². The van der Waals surface area contributed by atoms with Crippen molar-refractivity contribution in [2.75, 3.05) is 11.5 Å². The lowest BCUT2D eigenvalue weighted by Gasteiger charge is -1.84. The highest BCUT2D eigenvalue weighted by molar-refractivity contribution is 5.97.